The summed E-state index contributed by atoms with van der Waals surface area (Å²) < 4.78 is 16.8. The smallest absolute Gasteiger partial charge is 0.306 e. The summed E-state index contributed by atoms with van der Waals surface area (Å²) in [7, 11) is 0. The molecule has 396 valence electrons. The molecule has 1 atom stereocenters. The predicted octanol–water partition coefficient (Wildman–Crippen LogP) is 19.5. The number of unbranched alkanes of at least 4 members (excludes halogenated alkanes) is 27. The summed E-state index contributed by atoms with van der Waals surface area (Å²) in [5, 5.41) is 0. The minimum absolute atomic E-state index is 0.0727. The molecule has 0 heterocycles. The fourth-order valence-corrected chi connectivity index (χ4v) is 8.07. The van der Waals surface area contributed by atoms with Gasteiger partial charge >= 0.3 is 17.9 Å². The minimum atomic E-state index is -0.770. The van der Waals surface area contributed by atoms with Crippen molar-refractivity contribution in [2.75, 3.05) is 13.2 Å². The summed E-state index contributed by atoms with van der Waals surface area (Å²) in [5.41, 5.74) is 0. The van der Waals surface area contributed by atoms with E-state index in [0.29, 0.717) is 19.3 Å². The van der Waals surface area contributed by atoms with Gasteiger partial charge in [0, 0.05) is 19.3 Å². The van der Waals surface area contributed by atoms with E-state index in [4.69, 9.17) is 14.2 Å². The van der Waals surface area contributed by atoms with Crippen molar-refractivity contribution in [2.45, 2.75) is 284 Å². The SMILES string of the molecule is CC/C=C\C/C=C\C/C=C\C/C=C\C/C=C\C/C=C\C/C=C\CCCCCCCCCCCCCC(=O)OCC(COC(=O)CCCCCCCCCCC)OC(=O)CCCCCCCCCCC. The van der Waals surface area contributed by atoms with E-state index in [2.05, 4.69) is 106 Å². The van der Waals surface area contributed by atoms with Crippen molar-refractivity contribution < 1.29 is 28.6 Å². The number of allylic oxidation sites excluding steroid dienone is 14. The first kappa shape index (κ1) is 65.6. The first-order valence-electron chi connectivity index (χ1n) is 29.1. The normalized spacial score (nSPS) is 12.7. The van der Waals surface area contributed by atoms with Gasteiger partial charge < -0.3 is 14.2 Å². The zero-order chi connectivity index (χ0) is 50.0. The number of carbonyl (C=O) groups excluding carboxylic acids is 3. The van der Waals surface area contributed by atoms with Crippen molar-refractivity contribution in [1.29, 1.82) is 0 Å². The lowest BCUT2D eigenvalue weighted by Gasteiger charge is -2.18. The maximum absolute atomic E-state index is 12.7. The van der Waals surface area contributed by atoms with E-state index in [9.17, 15) is 14.4 Å². The van der Waals surface area contributed by atoms with Crippen LogP contribution in [0.1, 0.15) is 278 Å². The molecule has 0 fully saturated rings. The van der Waals surface area contributed by atoms with Crippen molar-refractivity contribution in [3.8, 4) is 0 Å². The van der Waals surface area contributed by atoms with Crippen molar-refractivity contribution in [2.24, 2.45) is 0 Å². The fraction of sp³-hybridized carbons (Fsp3) is 0.730. The van der Waals surface area contributed by atoms with E-state index in [1.807, 2.05) is 0 Å². The molecule has 0 aliphatic rings. The van der Waals surface area contributed by atoms with Crippen molar-refractivity contribution in [1.82, 2.24) is 0 Å². The number of carbonyl (C=O) groups is 3. The Morgan fingerprint density at radius 3 is 0.884 bits per heavy atom. The maximum Gasteiger partial charge on any atom is 0.306 e. The van der Waals surface area contributed by atoms with Crippen LogP contribution in [0.15, 0.2) is 85.1 Å². The molecule has 0 aliphatic carbocycles. The Bertz CT molecular complexity index is 1330. The van der Waals surface area contributed by atoms with Crippen LogP contribution in [0.4, 0.5) is 0 Å². The highest BCUT2D eigenvalue weighted by Crippen LogP contribution is 2.16. The van der Waals surface area contributed by atoms with Gasteiger partial charge in [-0.25, -0.2) is 0 Å². The van der Waals surface area contributed by atoms with Gasteiger partial charge in [-0.3, -0.25) is 14.4 Å². The van der Waals surface area contributed by atoms with E-state index in [0.717, 1.165) is 103 Å². The first-order valence-corrected chi connectivity index (χ1v) is 29.1. The van der Waals surface area contributed by atoms with E-state index < -0.39 is 6.10 Å². The lowest BCUT2D eigenvalue weighted by molar-refractivity contribution is -0.167. The molecule has 0 bridgehead atoms. The summed E-state index contributed by atoms with van der Waals surface area (Å²) in [6.45, 7) is 6.49. The number of rotatable bonds is 52. The standard InChI is InChI=1S/C63H108O6/c1-4-7-10-13-16-19-20-21-22-23-24-25-26-27-28-29-30-31-32-33-34-35-36-37-38-39-40-41-42-45-47-50-53-56-62(65)68-59-60(69-63(66)57-54-51-48-44-18-15-12-9-6-3)58-67-61(64)55-52-49-46-43-17-14-11-8-5-2/h7,10,16,19,21-22,24-25,27-28,30-31,33-34,60H,4-6,8-9,11-15,17-18,20,23,26,29,32,35-59H2,1-3H3/b10-7-,19-16-,22-21-,25-24-,28-27-,31-30-,34-33-. The Balaban J connectivity index is 4.04. The van der Waals surface area contributed by atoms with E-state index in [1.54, 1.807) is 0 Å². The molecule has 0 radical (unpaired) electrons. The highest BCUT2D eigenvalue weighted by atomic mass is 16.6. The average Bonchev–Trinajstić information content (AvgIpc) is 3.35. The third-order valence-electron chi connectivity index (χ3n) is 12.4. The highest BCUT2D eigenvalue weighted by Gasteiger charge is 2.19. The van der Waals surface area contributed by atoms with Crippen LogP contribution in [0.5, 0.6) is 0 Å². The van der Waals surface area contributed by atoms with Crippen LogP contribution in [0.2, 0.25) is 0 Å². The molecule has 0 spiro atoms. The molecule has 6 heteroatoms. The van der Waals surface area contributed by atoms with Gasteiger partial charge in [-0.05, 0) is 77.0 Å². The Morgan fingerprint density at radius 2 is 0.565 bits per heavy atom. The number of hydrogen-bond acceptors (Lipinski definition) is 6. The molecule has 0 saturated carbocycles. The van der Waals surface area contributed by atoms with Crippen LogP contribution in [0.3, 0.4) is 0 Å². The number of ether oxygens (including phenoxy) is 3. The summed E-state index contributed by atoms with van der Waals surface area (Å²) >= 11 is 0. The molecular formula is C63H108O6. The Morgan fingerprint density at radius 1 is 0.304 bits per heavy atom. The molecule has 69 heavy (non-hydrogen) atoms. The second-order valence-corrected chi connectivity index (χ2v) is 19.2. The van der Waals surface area contributed by atoms with Crippen molar-refractivity contribution >= 4 is 17.9 Å². The molecule has 0 amide bonds. The minimum Gasteiger partial charge on any atom is -0.462 e. The zero-order valence-electron chi connectivity index (χ0n) is 45.3. The van der Waals surface area contributed by atoms with Gasteiger partial charge in [-0.15, -0.1) is 0 Å². The molecule has 0 aromatic heterocycles. The predicted molar refractivity (Wildman–Crippen MR) is 297 cm³/mol. The van der Waals surface area contributed by atoms with E-state index >= 15 is 0 Å². The molecule has 0 aromatic rings. The average molecular weight is 962 g/mol. The largest absolute Gasteiger partial charge is 0.462 e. The van der Waals surface area contributed by atoms with Gasteiger partial charge in [0.1, 0.15) is 13.2 Å². The summed E-state index contributed by atoms with van der Waals surface area (Å²) in [6.07, 6.45) is 74.6. The Kier molecular flexibility index (Phi) is 54.3. The molecule has 0 rings (SSSR count). The van der Waals surface area contributed by atoms with Gasteiger partial charge in [-0.2, -0.15) is 0 Å². The van der Waals surface area contributed by atoms with Crippen molar-refractivity contribution in [3.63, 3.8) is 0 Å². The molecule has 0 aromatic carbocycles. The van der Waals surface area contributed by atoms with E-state index in [-0.39, 0.29) is 31.1 Å². The summed E-state index contributed by atoms with van der Waals surface area (Å²) in [4.78, 5) is 37.8. The quantitative estimate of drug-likeness (QED) is 0.0262. The molecule has 1 unspecified atom stereocenters. The molecule has 0 aliphatic heterocycles. The second-order valence-electron chi connectivity index (χ2n) is 19.2. The van der Waals surface area contributed by atoms with Crippen LogP contribution >= 0.6 is 0 Å². The lowest BCUT2D eigenvalue weighted by Crippen LogP contribution is -2.30. The molecular weight excluding hydrogens is 853 g/mol. The lowest BCUT2D eigenvalue weighted by atomic mass is 10.0. The molecule has 0 saturated heterocycles. The van der Waals surface area contributed by atoms with Gasteiger partial charge in [0.25, 0.3) is 0 Å². The summed E-state index contributed by atoms with van der Waals surface area (Å²) in [5.74, 6) is -0.876. The monoisotopic (exact) mass is 961 g/mol. The maximum atomic E-state index is 12.7. The van der Waals surface area contributed by atoms with Crippen LogP contribution in [-0.2, 0) is 28.6 Å². The highest BCUT2D eigenvalue weighted by molar-refractivity contribution is 5.71. The van der Waals surface area contributed by atoms with Gasteiger partial charge in [0.05, 0.1) is 0 Å². The molecule has 6 nitrogen and oxygen atoms in total. The fourth-order valence-electron chi connectivity index (χ4n) is 8.07. The summed E-state index contributed by atoms with van der Waals surface area (Å²) in [6, 6.07) is 0. The van der Waals surface area contributed by atoms with Gasteiger partial charge in [0.15, 0.2) is 6.10 Å². The number of esters is 3. The Labute approximate surface area is 426 Å². The Hall–Kier alpha value is -3.41. The van der Waals surface area contributed by atoms with Gasteiger partial charge in [-0.1, -0.05) is 266 Å². The zero-order valence-corrected chi connectivity index (χ0v) is 45.3. The third kappa shape index (κ3) is 55.4. The van der Waals surface area contributed by atoms with Crippen LogP contribution < -0.4 is 0 Å². The van der Waals surface area contributed by atoms with Crippen LogP contribution in [0.25, 0.3) is 0 Å². The first-order chi connectivity index (χ1) is 34.0. The molecule has 0 N–H and O–H groups in total. The van der Waals surface area contributed by atoms with Crippen LogP contribution in [0, 0.1) is 0 Å². The second kappa shape index (κ2) is 57.2. The van der Waals surface area contributed by atoms with Crippen LogP contribution in [-0.4, -0.2) is 37.2 Å². The number of hydrogen-bond donors (Lipinski definition) is 0. The van der Waals surface area contributed by atoms with Gasteiger partial charge in [0.2, 0.25) is 0 Å². The van der Waals surface area contributed by atoms with E-state index in [1.165, 1.54) is 135 Å². The third-order valence-corrected chi connectivity index (χ3v) is 12.4. The van der Waals surface area contributed by atoms with Crippen molar-refractivity contribution in [3.05, 3.63) is 85.1 Å². The topological polar surface area (TPSA) is 78.9 Å².